The fraction of sp³-hybridized carbons (Fsp3) is 0.286. The highest BCUT2D eigenvalue weighted by atomic mass is 127. The standard InChI is InChI=1S/C7H4Cl3I2NO/c1-13-4(2-3(11)6(13)12)5(14)7(8,9)10/h2H,1H3. The fourth-order valence-electron chi connectivity index (χ4n) is 0.905. The first kappa shape index (κ1) is 13.3. The molecular weight excluding hydrogens is 474 g/mol. The van der Waals surface area contributed by atoms with Crippen molar-refractivity contribution in [3.8, 4) is 0 Å². The molecule has 0 amide bonds. The summed E-state index contributed by atoms with van der Waals surface area (Å²) in [6, 6.07) is 1.70. The van der Waals surface area contributed by atoms with Gasteiger partial charge in [-0.2, -0.15) is 0 Å². The van der Waals surface area contributed by atoms with Crippen molar-refractivity contribution < 1.29 is 4.79 Å². The average molecular weight is 478 g/mol. The van der Waals surface area contributed by atoms with E-state index in [2.05, 4.69) is 45.2 Å². The van der Waals surface area contributed by atoms with Gasteiger partial charge in [0.05, 0.1) is 9.39 Å². The molecule has 0 N–H and O–H groups in total. The van der Waals surface area contributed by atoms with Gasteiger partial charge < -0.3 is 4.57 Å². The van der Waals surface area contributed by atoms with Crippen LogP contribution in [0.5, 0.6) is 0 Å². The third-order valence-electron chi connectivity index (χ3n) is 1.61. The van der Waals surface area contributed by atoms with Gasteiger partial charge >= 0.3 is 0 Å². The Morgan fingerprint density at radius 3 is 2.21 bits per heavy atom. The number of halogens is 5. The highest BCUT2D eigenvalue weighted by molar-refractivity contribution is 14.1. The van der Waals surface area contributed by atoms with E-state index in [9.17, 15) is 4.79 Å². The molecule has 0 saturated carbocycles. The van der Waals surface area contributed by atoms with Gasteiger partial charge in [0.15, 0.2) is 0 Å². The summed E-state index contributed by atoms with van der Waals surface area (Å²) in [6.45, 7) is 0. The number of ketones is 1. The van der Waals surface area contributed by atoms with Crippen molar-refractivity contribution in [1.82, 2.24) is 4.57 Å². The molecule has 0 spiro atoms. The van der Waals surface area contributed by atoms with Gasteiger partial charge in [-0.15, -0.1) is 0 Å². The number of hydrogen-bond donors (Lipinski definition) is 0. The molecule has 0 aliphatic rings. The van der Waals surface area contributed by atoms with Gasteiger partial charge in [0.25, 0.3) is 3.79 Å². The van der Waals surface area contributed by atoms with Gasteiger partial charge in [-0.1, -0.05) is 34.8 Å². The normalized spacial score (nSPS) is 11.9. The molecule has 0 fully saturated rings. The van der Waals surface area contributed by atoms with E-state index in [1.165, 1.54) is 0 Å². The van der Waals surface area contributed by atoms with E-state index in [0.717, 1.165) is 7.27 Å². The molecule has 0 saturated heterocycles. The first-order valence-corrected chi connectivity index (χ1v) is 6.66. The van der Waals surface area contributed by atoms with Crippen molar-refractivity contribution in [2.75, 3.05) is 0 Å². The quantitative estimate of drug-likeness (QED) is 0.342. The summed E-state index contributed by atoms with van der Waals surface area (Å²) in [5, 5.41) is 0. The van der Waals surface area contributed by atoms with Crippen molar-refractivity contribution in [2.24, 2.45) is 7.05 Å². The van der Waals surface area contributed by atoms with Crippen molar-refractivity contribution in [3.05, 3.63) is 19.0 Å². The number of nitrogens with zero attached hydrogens (tertiary/aromatic N) is 1. The summed E-state index contributed by atoms with van der Waals surface area (Å²) in [5.41, 5.74) is 0.402. The van der Waals surface area contributed by atoms with Crippen molar-refractivity contribution in [2.45, 2.75) is 3.79 Å². The van der Waals surface area contributed by atoms with Crippen LogP contribution in [0.2, 0.25) is 0 Å². The molecule has 1 heterocycles. The summed E-state index contributed by atoms with van der Waals surface area (Å²) in [7, 11) is 1.76. The van der Waals surface area contributed by atoms with Gasteiger partial charge in [0.1, 0.15) is 0 Å². The van der Waals surface area contributed by atoms with Gasteiger partial charge in [-0.05, 0) is 51.2 Å². The van der Waals surface area contributed by atoms with Gasteiger partial charge in [0.2, 0.25) is 5.78 Å². The molecule has 0 unspecified atom stereocenters. The molecule has 2 nitrogen and oxygen atoms in total. The Balaban J connectivity index is 3.22. The lowest BCUT2D eigenvalue weighted by atomic mass is 10.3. The predicted octanol–water partition coefficient (Wildman–Crippen LogP) is 3.79. The lowest BCUT2D eigenvalue weighted by Gasteiger charge is -2.09. The predicted molar refractivity (Wildman–Crippen MR) is 75.5 cm³/mol. The minimum absolute atomic E-state index is 0.402. The Hall–Kier alpha value is 1.28. The highest BCUT2D eigenvalue weighted by Gasteiger charge is 2.34. The molecule has 1 aromatic rings. The van der Waals surface area contributed by atoms with Crippen molar-refractivity contribution >= 4 is 85.8 Å². The molecule has 0 bridgehead atoms. The largest absolute Gasteiger partial charge is 0.336 e. The number of Topliss-reactive ketones (excluding diaryl/α,β-unsaturated/α-hetero) is 1. The lowest BCUT2D eigenvalue weighted by molar-refractivity contribution is 0.0988. The van der Waals surface area contributed by atoms with Crippen LogP contribution in [0.1, 0.15) is 10.5 Å². The fourth-order valence-corrected chi connectivity index (χ4v) is 2.27. The summed E-state index contributed by atoms with van der Waals surface area (Å²) >= 11 is 20.8. The Bertz CT molecular complexity index is 383. The number of hydrogen-bond acceptors (Lipinski definition) is 1. The summed E-state index contributed by atoms with van der Waals surface area (Å²) in [6.07, 6.45) is 0. The Morgan fingerprint density at radius 1 is 1.43 bits per heavy atom. The zero-order chi connectivity index (χ0) is 11.1. The first-order valence-electron chi connectivity index (χ1n) is 3.37. The molecule has 14 heavy (non-hydrogen) atoms. The van der Waals surface area contributed by atoms with E-state index in [-0.39, 0.29) is 0 Å². The Labute approximate surface area is 124 Å². The maximum Gasteiger partial charge on any atom is 0.255 e. The second kappa shape index (κ2) is 4.65. The number of carbonyl (C=O) groups is 1. The van der Waals surface area contributed by atoms with E-state index >= 15 is 0 Å². The maximum absolute atomic E-state index is 11.6. The third-order valence-corrected chi connectivity index (χ3v) is 5.28. The third kappa shape index (κ3) is 2.69. The molecule has 0 radical (unpaired) electrons. The summed E-state index contributed by atoms with van der Waals surface area (Å²) in [4.78, 5) is 11.6. The number of carbonyl (C=O) groups excluding carboxylic acids is 1. The number of rotatable bonds is 1. The number of aromatic nitrogens is 1. The molecule has 1 aromatic heterocycles. The first-order chi connectivity index (χ1) is 6.25. The smallest absolute Gasteiger partial charge is 0.255 e. The van der Waals surface area contributed by atoms with Gasteiger partial charge in [-0.3, -0.25) is 4.79 Å². The van der Waals surface area contributed by atoms with Gasteiger partial charge in [0, 0.05) is 10.6 Å². The van der Waals surface area contributed by atoms with Crippen LogP contribution in [0.15, 0.2) is 6.07 Å². The van der Waals surface area contributed by atoms with E-state index in [0.29, 0.717) is 5.69 Å². The van der Waals surface area contributed by atoms with Crippen LogP contribution in [0.4, 0.5) is 0 Å². The molecule has 78 valence electrons. The van der Waals surface area contributed by atoms with Crippen LogP contribution >= 0.6 is 80.0 Å². The minimum atomic E-state index is -1.89. The van der Waals surface area contributed by atoms with Crippen LogP contribution in [0, 0.1) is 7.27 Å². The molecular formula is C7H4Cl3I2NO. The SMILES string of the molecule is Cn1c(C(=O)C(Cl)(Cl)Cl)cc(I)c1I. The summed E-state index contributed by atoms with van der Waals surface area (Å²) in [5.74, 6) is -0.508. The average Bonchev–Trinajstić information content (AvgIpc) is 2.30. The molecule has 0 aliphatic carbocycles. The van der Waals surface area contributed by atoms with E-state index < -0.39 is 9.58 Å². The molecule has 0 aromatic carbocycles. The van der Waals surface area contributed by atoms with Gasteiger partial charge in [-0.25, -0.2) is 0 Å². The van der Waals surface area contributed by atoms with E-state index in [4.69, 9.17) is 34.8 Å². The molecule has 0 aliphatic heterocycles. The second-order valence-electron chi connectivity index (χ2n) is 2.55. The van der Waals surface area contributed by atoms with E-state index in [1.54, 1.807) is 17.7 Å². The van der Waals surface area contributed by atoms with Crippen LogP contribution in [-0.2, 0) is 7.05 Å². The Morgan fingerprint density at radius 2 is 1.93 bits per heavy atom. The maximum atomic E-state index is 11.6. The molecule has 1 rings (SSSR count). The monoisotopic (exact) mass is 477 g/mol. The topological polar surface area (TPSA) is 22.0 Å². The zero-order valence-corrected chi connectivity index (χ0v) is 13.4. The Kier molecular flexibility index (Phi) is 4.43. The number of alkyl halides is 3. The minimum Gasteiger partial charge on any atom is -0.336 e. The molecule has 7 heteroatoms. The second-order valence-corrected chi connectivity index (χ2v) is 7.02. The van der Waals surface area contributed by atoms with Crippen molar-refractivity contribution in [3.63, 3.8) is 0 Å². The van der Waals surface area contributed by atoms with Crippen LogP contribution in [0.25, 0.3) is 0 Å². The van der Waals surface area contributed by atoms with Crippen LogP contribution in [0.3, 0.4) is 0 Å². The van der Waals surface area contributed by atoms with Crippen LogP contribution < -0.4 is 0 Å². The highest BCUT2D eigenvalue weighted by Crippen LogP contribution is 2.32. The summed E-state index contributed by atoms with van der Waals surface area (Å²) < 4.78 is 1.72. The molecule has 0 atom stereocenters. The lowest BCUT2D eigenvalue weighted by Crippen LogP contribution is -2.21. The zero-order valence-electron chi connectivity index (χ0n) is 6.82. The van der Waals surface area contributed by atoms with Crippen LogP contribution in [-0.4, -0.2) is 14.1 Å². The van der Waals surface area contributed by atoms with E-state index in [1.807, 2.05) is 0 Å². The van der Waals surface area contributed by atoms with Crippen molar-refractivity contribution in [1.29, 1.82) is 0 Å².